The van der Waals surface area contributed by atoms with Crippen molar-refractivity contribution >= 4 is 21.6 Å². The minimum absolute atomic E-state index is 0.0319. The van der Waals surface area contributed by atoms with Crippen LogP contribution < -0.4 is 10.5 Å². The van der Waals surface area contributed by atoms with Crippen molar-refractivity contribution in [2.75, 3.05) is 5.32 Å². The Kier molecular flexibility index (Phi) is 4.34. The van der Waals surface area contributed by atoms with Gasteiger partial charge in [0.15, 0.2) is 0 Å². The van der Waals surface area contributed by atoms with E-state index >= 15 is 0 Å². The maximum atomic E-state index is 13.3. The lowest BCUT2D eigenvalue weighted by atomic mass is 10.3. The fourth-order valence-corrected chi connectivity index (χ4v) is 2.24. The van der Waals surface area contributed by atoms with E-state index in [4.69, 9.17) is 5.14 Å². The van der Waals surface area contributed by atoms with Gasteiger partial charge < -0.3 is 5.32 Å². The molecule has 1 amide bonds. The minimum Gasteiger partial charge on any atom is -0.326 e. The van der Waals surface area contributed by atoms with E-state index in [1.165, 1.54) is 0 Å². The zero-order valence-corrected chi connectivity index (χ0v) is 11.7. The quantitative estimate of drug-likeness (QED) is 0.847. The molecule has 0 radical (unpaired) electrons. The van der Waals surface area contributed by atoms with E-state index in [1.807, 2.05) is 0 Å². The van der Waals surface area contributed by atoms with Crippen molar-refractivity contribution in [2.24, 2.45) is 5.14 Å². The van der Waals surface area contributed by atoms with E-state index in [0.717, 1.165) is 18.2 Å². The third-order valence-corrected chi connectivity index (χ3v) is 3.50. The van der Waals surface area contributed by atoms with Crippen molar-refractivity contribution in [2.45, 2.75) is 17.9 Å². The molecule has 2 rings (SSSR count). The molecule has 0 spiro atoms. The summed E-state index contributed by atoms with van der Waals surface area (Å²) in [5.41, 5.74) is 0.0319. The van der Waals surface area contributed by atoms with Crippen molar-refractivity contribution in [3.63, 3.8) is 0 Å². The molecule has 0 bridgehead atoms. The second-order valence-corrected chi connectivity index (χ2v) is 5.85. The van der Waals surface area contributed by atoms with Gasteiger partial charge in [0.05, 0.1) is 4.90 Å². The number of primary sulfonamides is 1. The highest BCUT2D eigenvalue weighted by molar-refractivity contribution is 7.89. The molecule has 0 atom stereocenters. The lowest BCUT2D eigenvalue weighted by Crippen LogP contribution is -2.16. The number of sulfonamides is 1. The molecule has 9 heteroatoms. The molecule has 3 N–H and O–H groups in total. The van der Waals surface area contributed by atoms with Gasteiger partial charge in [-0.25, -0.2) is 17.9 Å². The normalized spacial score (nSPS) is 11.3. The van der Waals surface area contributed by atoms with Crippen LogP contribution in [0.5, 0.6) is 0 Å². The monoisotopic (exact) mass is 312 g/mol. The molecule has 0 saturated heterocycles. The Hall–Kier alpha value is -2.26. The van der Waals surface area contributed by atoms with E-state index in [2.05, 4.69) is 10.4 Å². The molecule has 0 unspecified atom stereocenters. The molecule has 1 aromatic carbocycles. The third kappa shape index (κ3) is 4.36. The van der Waals surface area contributed by atoms with Crippen LogP contribution in [0.2, 0.25) is 0 Å². The highest BCUT2D eigenvalue weighted by Gasteiger charge is 2.12. The number of carbonyl (C=O) groups excluding carboxylic acids is 1. The number of amides is 1. The number of hydrogen-bond donors (Lipinski definition) is 2. The number of nitrogens with two attached hydrogens (primary N) is 1. The summed E-state index contributed by atoms with van der Waals surface area (Å²) in [7, 11) is -4.04. The number of carbonyl (C=O) groups is 1. The zero-order chi connectivity index (χ0) is 15.5. The van der Waals surface area contributed by atoms with Crippen LogP contribution in [0.4, 0.5) is 10.1 Å². The largest absolute Gasteiger partial charge is 0.326 e. The van der Waals surface area contributed by atoms with Gasteiger partial charge in [0, 0.05) is 31.0 Å². The highest BCUT2D eigenvalue weighted by Crippen LogP contribution is 2.17. The number of nitrogens with zero attached hydrogens (tertiary/aromatic N) is 2. The van der Waals surface area contributed by atoms with E-state index in [1.54, 1.807) is 23.1 Å². The SMILES string of the molecule is NS(=O)(=O)c1cc(F)cc(NC(=O)CCn2cccn2)c1. The summed E-state index contributed by atoms with van der Waals surface area (Å²) in [6.45, 7) is 0.357. The molecule has 0 fully saturated rings. The fraction of sp³-hybridized carbons (Fsp3) is 0.167. The maximum Gasteiger partial charge on any atom is 0.238 e. The number of aryl methyl sites for hydroxylation is 1. The summed E-state index contributed by atoms with van der Waals surface area (Å²) in [6.07, 6.45) is 3.40. The number of rotatable bonds is 5. The molecule has 112 valence electrons. The summed E-state index contributed by atoms with van der Waals surface area (Å²) < 4.78 is 37.3. The van der Waals surface area contributed by atoms with Gasteiger partial charge in [-0.05, 0) is 24.3 Å². The Morgan fingerprint density at radius 1 is 1.38 bits per heavy atom. The molecular weight excluding hydrogens is 299 g/mol. The van der Waals surface area contributed by atoms with Gasteiger partial charge in [0.1, 0.15) is 5.82 Å². The van der Waals surface area contributed by atoms with Crippen LogP contribution in [0.15, 0.2) is 41.6 Å². The van der Waals surface area contributed by atoms with Crippen molar-refractivity contribution in [1.29, 1.82) is 0 Å². The average molecular weight is 312 g/mol. The second-order valence-electron chi connectivity index (χ2n) is 4.29. The molecule has 0 aliphatic carbocycles. The highest BCUT2D eigenvalue weighted by atomic mass is 32.2. The van der Waals surface area contributed by atoms with Crippen LogP contribution in [-0.2, 0) is 21.4 Å². The van der Waals surface area contributed by atoms with E-state index in [-0.39, 0.29) is 12.1 Å². The van der Waals surface area contributed by atoms with Gasteiger partial charge in [-0.1, -0.05) is 0 Å². The number of anilines is 1. The molecule has 1 aromatic heterocycles. The first-order chi connectivity index (χ1) is 9.84. The Morgan fingerprint density at radius 2 is 2.14 bits per heavy atom. The topological polar surface area (TPSA) is 107 Å². The number of nitrogens with one attached hydrogen (secondary N) is 1. The number of halogens is 1. The predicted octanol–water partition coefficient (Wildman–Crippen LogP) is 0.698. The summed E-state index contributed by atoms with van der Waals surface area (Å²) in [5, 5.41) is 11.3. The van der Waals surface area contributed by atoms with E-state index < -0.39 is 26.6 Å². The van der Waals surface area contributed by atoms with Gasteiger partial charge in [-0.2, -0.15) is 5.10 Å². The molecule has 1 heterocycles. The Bertz CT molecular complexity index is 744. The predicted molar refractivity (Wildman–Crippen MR) is 73.2 cm³/mol. The molecule has 0 saturated carbocycles. The third-order valence-electron chi connectivity index (χ3n) is 2.61. The summed E-state index contributed by atoms with van der Waals surface area (Å²) >= 11 is 0. The average Bonchev–Trinajstić information content (AvgIpc) is 2.87. The van der Waals surface area contributed by atoms with Crippen molar-refractivity contribution in [3.8, 4) is 0 Å². The van der Waals surface area contributed by atoms with Crippen molar-refractivity contribution in [3.05, 3.63) is 42.5 Å². The first-order valence-electron chi connectivity index (χ1n) is 5.95. The Morgan fingerprint density at radius 3 is 2.76 bits per heavy atom. The summed E-state index contributed by atoms with van der Waals surface area (Å²) in [4.78, 5) is 11.3. The zero-order valence-electron chi connectivity index (χ0n) is 10.9. The van der Waals surface area contributed by atoms with Crippen LogP contribution in [-0.4, -0.2) is 24.1 Å². The van der Waals surface area contributed by atoms with Gasteiger partial charge in [-0.3, -0.25) is 9.48 Å². The van der Waals surface area contributed by atoms with E-state index in [9.17, 15) is 17.6 Å². The van der Waals surface area contributed by atoms with E-state index in [0.29, 0.717) is 6.54 Å². The Labute approximate surface area is 120 Å². The Balaban J connectivity index is 2.05. The molecule has 0 aliphatic heterocycles. The molecule has 7 nitrogen and oxygen atoms in total. The van der Waals surface area contributed by atoms with Gasteiger partial charge in [-0.15, -0.1) is 0 Å². The number of aromatic nitrogens is 2. The van der Waals surface area contributed by atoms with Crippen LogP contribution in [0, 0.1) is 5.82 Å². The van der Waals surface area contributed by atoms with Crippen molar-refractivity contribution < 1.29 is 17.6 Å². The molecule has 0 aliphatic rings. The fourth-order valence-electron chi connectivity index (χ4n) is 1.67. The molecule has 2 aromatic rings. The standard InChI is InChI=1S/C12H13FN4O3S/c13-9-6-10(8-11(7-9)21(14,19)20)16-12(18)2-5-17-4-1-3-15-17/h1,3-4,6-8H,2,5H2,(H,16,18)(H2,14,19,20). The molecule has 21 heavy (non-hydrogen) atoms. The minimum atomic E-state index is -4.04. The van der Waals surface area contributed by atoms with Crippen LogP contribution >= 0.6 is 0 Å². The number of hydrogen-bond acceptors (Lipinski definition) is 4. The maximum absolute atomic E-state index is 13.3. The summed E-state index contributed by atoms with van der Waals surface area (Å²) in [5.74, 6) is -1.19. The number of benzene rings is 1. The lowest BCUT2D eigenvalue weighted by molar-refractivity contribution is -0.116. The van der Waals surface area contributed by atoms with Crippen LogP contribution in [0.1, 0.15) is 6.42 Å². The first-order valence-corrected chi connectivity index (χ1v) is 7.50. The second kappa shape index (κ2) is 6.02. The van der Waals surface area contributed by atoms with Crippen molar-refractivity contribution in [1.82, 2.24) is 9.78 Å². The van der Waals surface area contributed by atoms with Crippen LogP contribution in [0.3, 0.4) is 0 Å². The smallest absolute Gasteiger partial charge is 0.238 e. The van der Waals surface area contributed by atoms with Crippen LogP contribution in [0.25, 0.3) is 0 Å². The van der Waals surface area contributed by atoms with Gasteiger partial charge >= 0.3 is 0 Å². The summed E-state index contributed by atoms with van der Waals surface area (Å²) in [6, 6.07) is 4.63. The van der Waals surface area contributed by atoms with Gasteiger partial charge in [0.25, 0.3) is 0 Å². The lowest BCUT2D eigenvalue weighted by Gasteiger charge is -2.07. The van der Waals surface area contributed by atoms with Gasteiger partial charge in [0.2, 0.25) is 15.9 Å². The molecular formula is C12H13FN4O3S. The first kappa shape index (κ1) is 15.1.